The first-order valence-electron chi connectivity index (χ1n) is 9.84. The van der Waals surface area contributed by atoms with Crippen molar-refractivity contribution in [1.29, 1.82) is 0 Å². The summed E-state index contributed by atoms with van der Waals surface area (Å²) in [6, 6.07) is 12.6. The maximum Gasteiger partial charge on any atom is 0.269 e. The number of benzene rings is 2. The van der Waals surface area contributed by atoms with Crippen LogP contribution in [0.25, 0.3) is 0 Å². The Morgan fingerprint density at radius 1 is 1.07 bits per heavy atom. The lowest BCUT2D eigenvalue weighted by molar-refractivity contribution is -0.384. The van der Waals surface area contributed by atoms with Gasteiger partial charge in [-0.1, -0.05) is 18.6 Å². The van der Waals surface area contributed by atoms with Crippen molar-refractivity contribution in [3.05, 3.63) is 69.8 Å². The van der Waals surface area contributed by atoms with Crippen LogP contribution in [-0.4, -0.2) is 30.5 Å². The van der Waals surface area contributed by atoms with Gasteiger partial charge >= 0.3 is 0 Å². The number of hydrogen-bond donors (Lipinski definition) is 2. The summed E-state index contributed by atoms with van der Waals surface area (Å²) in [4.78, 5) is 22.5. The average molecular weight is 432 g/mol. The van der Waals surface area contributed by atoms with Crippen LogP contribution in [0.4, 0.5) is 11.4 Å². The van der Waals surface area contributed by atoms with E-state index in [0.29, 0.717) is 11.3 Å². The minimum Gasteiger partial charge on any atom is -0.322 e. The summed E-state index contributed by atoms with van der Waals surface area (Å²) in [6.07, 6.45) is 2.66. The second-order valence-corrected chi connectivity index (χ2v) is 10.0. The predicted octanol–water partition coefficient (Wildman–Crippen LogP) is 3.81. The second-order valence-electron chi connectivity index (χ2n) is 7.74. The molecule has 1 aliphatic carbocycles. The van der Waals surface area contributed by atoms with Crippen LogP contribution in [0.2, 0.25) is 0 Å². The highest BCUT2D eigenvalue weighted by Crippen LogP contribution is 2.35. The van der Waals surface area contributed by atoms with E-state index in [2.05, 4.69) is 10.0 Å². The maximum absolute atomic E-state index is 12.4. The van der Waals surface area contributed by atoms with E-state index in [0.717, 1.165) is 24.8 Å². The molecule has 1 aliphatic rings. The van der Waals surface area contributed by atoms with Gasteiger partial charge in [-0.15, -0.1) is 0 Å². The van der Waals surface area contributed by atoms with E-state index in [1.54, 1.807) is 26.0 Å². The lowest BCUT2D eigenvalue weighted by Crippen LogP contribution is -2.40. The molecule has 1 amide bonds. The summed E-state index contributed by atoms with van der Waals surface area (Å²) in [7, 11) is -3.33. The first-order valence-corrected chi connectivity index (χ1v) is 11.4. The number of hydrogen-bond acceptors (Lipinski definition) is 5. The van der Waals surface area contributed by atoms with Gasteiger partial charge in [0.2, 0.25) is 10.0 Å². The van der Waals surface area contributed by atoms with Crippen molar-refractivity contribution in [2.24, 2.45) is 0 Å². The zero-order valence-electron chi connectivity index (χ0n) is 16.9. The molecule has 8 nitrogen and oxygen atoms in total. The average Bonchev–Trinajstić information content (AvgIpc) is 3.16. The van der Waals surface area contributed by atoms with Gasteiger partial charge in [0.1, 0.15) is 0 Å². The lowest BCUT2D eigenvalue weighted by atomic mass is 9.94. The number of nitrogens with one attached hydrogen (secondary N) is 2. The Morgan fingerprint density at radius 2 is 1.70 bits per heavy atom. The molecule has 0 radical (unpaired) electrons. The Labute approximate surface area is 175 Å². The normalized spacial score (nSPS) is 19.0. The smallest absolute Gasteiger partial charge is 0.269 e. The monoisotopic (exact) mass is 431 g/mol. The van der Waals surface area contributed by atoms with E-state index in [4.69, 9.17) is 0 Å². The van der Waals surface area contributed by atoms with Gasteiger partial charge in [0.05, 0.1) is 10.2 Å². The van der Waals surface area contributed by atoms with Gasteiger partial charge in [0.15, 0.2) is 0 Å². The van der Waals surface area contributed by atoms with Crippen LogP contribution in [0.15, 0.2) is 48.5 Å². The third kappa shape index (κ3) is 5.03. The standard InChI is InChI=1S/C21H25N3O5S/c1-14(2)30(28,29)23-20-5-3-4-19(20)15-6-10-17(11-7-15)22-21(25)16-8-12-18(13-9-16)24(26)27/h6-14,19-20,23H,3-5H2,1-2H3,(H,22,25)/t19-,20-/m1/s1. The maximum atomic E-state index is 12.4. The molecule has 0 aliphatic heterocycles. The molecule has 1 fully saturated rings. The topological polar surface area (TPSA) is 118 Å². The number of sulfonamides is 1. The molecule has 2 N–H and O–H groups in total. The lowest BCUT2D eigenvalue weighted by Gasteiger charge is -2.22. The van der Waals surface area contributed by atoms with Crippen LogP contribution in [0.1, 0.15) is 54.9 Å². The molecule has 2 aromatic rings. The van der Waals surface area contributed by atoms with Gasteiger partial charge in [-0.3, -0.25) is 14.9 Å². The van der Waals surface area contributed by atoms with Crippen molar-refractivity contribution in [3.8, 4) is 0 Å². The van der Waals surface area contributed by atoms with Crippen molar-refractivity contribution in [2.75, 3.05) is 5.32 Å². The van der Waals surface area contributed by atoms with Gasteiger partial charge in [0, 0.05) is 35.3 Å². The van der Waals surface area contributed by atoms with E-state index in [1.165, 1.54) is 24.3 Å². The largest absolute Gasteiger partial charge is 0.322 e. The van der Waals surface area contributed by atoms with Crippen LogP contribution >= 0.6 is 0 Å². The second kappa shape index (κ2) is 8.93. The zero-order chi connectivity index (χ0) is 21.9. The number of non-ortho nitro benzene ring substituents is 1. The number of nitro benzene ring substituents is 1. The molecule has 0 saturated heterocycles. The number of amides is 1. The predicted molar refractivity (Wildman–Crippen MR) is 115 cm³/mol. The summed E-state index contributed by atoms with van der Waals surface area (Å²) >= 11 is 0. The Morgan fingerprint density at radius 3 is 2.27 bits per heavy atom. The molecule has 0 bridgehead atoms. The van der Waals surface area contributed by atoms with Crippen LogP contribution in [-0.2, 0) is 10.0 Å². The number of carbonyl (C=O) groups excluding carboxylic acids is 1. The first-order chi connectivity index (χ1) is 14.2. The Hall–Kier alpha value is -2.78. The first kappa shape index (κ1) is 21.9. The Kier molecular flexibility index (Phi) is 6.52. The summed E-state index contributed by atoms with van der Waals surface area (Å²) in [5.74, 6) is -0.265. The molecule has 1 saturated carbocycles. The summed E-state index contributed by atoms with van der Waals surface area (Å²) in [5.41, 5.74) is 1.87. The number of nitro groups is 1. The van der Waals surface area contributed by atoms with Gasteiger partial charge in [-0.25, -0.2) is 13.1 Å². The van der Waals surface area contributed by atoms with Crippen molar-refractivity contribution in [3.63, 3.8) is 0 Å². The zero-order valence-corrected chi connectivity index (χ0v) is 17.7. The molecule has 0 spiro atoms. The van der Waals surface area contributed by atoms with Crippen molar-refractivity contribution < 1.29 is 18.1 Å². The Balaban J connectivity index is 1.67. The molecule has 160 valence electrons. The van der Waals surface area contributed by atoms with Crippen LogP contribution in [0, 0.1) is 10.1 Å². The van der Waals surface area contributed by atoms with Gasteiger partial charge in [-0.05, 0) is 56.5 Å². The molecule has 30 heavy (non-hydrogen) atoms. The number of nitrogens with zero attached hydrogens (tertiary/aromatic N) is 1. The molecule has 3 rings (SSSR count). The van der Waals surface area contributed by atoms with E-state index in [-0.39, 0.29) is 23.6 Å². The minimum absolute atomic E-state index is 0.0740. The number of carbonyl (C=O) groups is 1. The highest BCUT2D eigenvalue weighted by atomic mass is 32.2. The summed E-state index contributed by atoms with van der Waals surface area (Å²) in [6.45, 7) is 3.32. The number of anilines is 1. The van der Waals surface area contributed by atoms with E-state index < -0.39 is 20.2 Å². The molecule has 9 heteroatoms. The van der Waals surface area contributed by atoms with Crippen LogP contribution in [0.5, 0.6) is 0 Å². The minimum atomic E-state index is -3.33. The van der Waals surface area contributed by atoms with Crippen molar-refractivity contribution >= 4 is 27.3 Å². The van der Waals surface area contributed by atoms with E-state index >= 15 is 0 Å². The quantitative estimate of drug-likeness (QED) is 0.510. The summed E-state index contributed by atoms with van der Waals surface area (Å²) < 4.78 is 27.3. The third-order valence-electron chi connectivity index (χ3n) is 5.39. The molecular formula is C21H25N3O5S. The molecule has 2 aromatic carbocycles. The van der Waals surface area contributed by atoms with Crippen LogP contribution in [0.3, 0.4) is 0 Å². The highest BCUT2D eigenvalue weighted by Gasteiger charge is 2.32. The van der Waals surface area contributed by atoms with Gasteiger partial charge < -0.3 is 5.32 Å². The van der Waals surface area contributed by atoms with Crippen molar-refractivity contribution in [2.45, 2.75) is 50.3 Å². The van der Waals surface area contributed by atoms with Gasteiger partial charge in [-0.2, -0.15) is 0 Å². The summed E-state index contributed by atoms with van der Waals surface area (Å²) in [5, 5.41) is 13.0. The third-order valence-corrected chi connectivity index (χ3v) is 7.26. The molecule has 2 atom stereocenters. The molecular weight excluding hydrogens is 406 g/mol. The van der Waals surface area contributed by atoms with E-state index in [9.17, 15) is 23.3 Å². The Bertz CT molecular complexity index is 1020. The van der Waals surface area contributed by atoms with Gasteiger partial charge in [0.25, 0.3) is 11.6 Å². The fourth-order valence-corrected chi connectivity index (χ4v) is 4.57. The van der Waals surface area contributed by atoms with Crippen LogP contribution < -0.4 is 10.0 Å². The molecule has 0 aromatic heterocycles. The number of rotatable bonds is 7. The SMILES string of the molecule is CC(C)S(=O)(=O)N[C@@H]1CCC[C@@H]1c1ccc(NC(=O)c2ccc([N+](=O)[O-])cc2)cc1. The fraction of sp³-hybridized carbons (Fsp3) is 0.381. The highest BCUT2D eigenvalue weighted by molar-refractivity contribution is 7.90. The van der Waals surface area contributed by atoms with E-state index in [1.807, 2.05) is 12.1 Å². The molecule has 0 heterocycles. The van der Waals surface area contributed by atoms with Crippen molar-refractivity contribution in [1.82, 2.24) is 4.72 Å². The molecule has 0 unspecified atom stereocenters. The fourth-order valence-electron chi connectivity index (χ4n) is 3.60.